The molecular formula is C21H25NO2. The highest BCUT2D eigenvalue weighted by molar-refractivity contribution is 5.33. The highest BCUT2D eigenvalue weighted by Crippen LogP contribution is 2.30. The Morgan fingerprint density at radius 1 is 0.875 bits per heavy atom. The highest BCUT2D eigenvalue weighted by atomic mass is 16.5. The molecule has 0 saturated carbocycles. The molecule has 24 heavy (non-hydrogen) atoms. The Morgan fingerprint density at radius 3 is 2.42 bits per heavy atom. The first-order valence-corrected chi connectivity index (χ1v) is 9.05. The molecule has 4 rings (SSSR count). The lowest BCUT2D eigenvalue weighted by Crippen LogP contribution is -2.42. The van der Waals surface area contributed by atoms with Gasteiger partial charge in [-0.15, -0.1) is 0 Å². The van der Waals surface area contributed by atoms with E-state index in [1.807, 2.05) is 30.3 Å². The first-order valence-electron chi connectivity index (χ1n) is 9.05. The van der Waals surface area contributed by atoms with Crippen LogP contribution in [0.5, 0.6) is 11.5 Å². The molecule has 1 N–H and O–H groups in total. The summed E-state index contributed by atoms with van der Waals surface area (Å²) in [5.41, 5.74) is 1.30. The number of ether oxygens (including phenoxy) is 2. The van der Waals surface area contributed by atoms with E-state index in [9.17, 15) is 0 Å². The van der Waals surface area contributed by atoms with Crippen molar-refractivity contribution in [3.8, 4) is 11.5 Å². The van der Waals surface area contributed by atoms with Crippen molar-refractivity contribution in [2.75, 3.05) is 6.61 Å². The van der Waals surface area contributed by atoms with Gasteiger partial charge >= 0.3 is 0 Å². The predicted octanol–water partition coefficient (Wildman–Crippen LogP) is 3.97. The molecule has 2 saturated heterocycles. The first-order chi connectivity index (χ1) is 11.8. The van der Waals surface area contributed by atoms with Crippen molar-refractivity contribution in [2.24, 2.45) is 0 Å². The van der Waals surface area contributed by atoms with Crippen molar-refractivity contribution >= 4 is 0 Å². The lowest BCUT2D eigenvalue weighted by Gasteiger charge is -2.29. The number of hydrogen-bond donors (Lipinski definition) is 1. The van der Waals surface area contributed by atoms with Crippen LogP contribution in [-0.2, 0) is 6.42 Å². The van der Waals surface area contributed by atoms with E-state index in [1.165, 1.54) is 18.4 Å². The summed E-state index contributed by atoms with van der Waals surface area (Å²) in [7, 11) is 0. The molecule has 2 aromatic rings. The molecule has 0 aromatic heterocycles. The van der Waals surface area contributed by atoms with Crippen LogP contribution in [0, 0.1) is 0 Å². The number of hydrogen-bond acceptors (Lipinski definition) is 3. The molecular weight excluding hydrogens is 298 g/mol. The summed E-state index contributed by atoms with van der Waals surface area (Å²) in [4.78, 5) is 0. The zero-order valence-corrected chi connectivity index (χ0v) is 14.0. The lowest BCUT2D eigenvalue weighted by molar-refractivity contribution is 0.137. The van der Waals surface area contributed by atoms with Crippen molar-refractivity contribution in [1.29, 1.82) is 0 Å². The average Bonchev–Trinajstić information content (AvgIpc) is 2.95. The molecule has 3 nitrogen and oxygen atoms in total. The van der Waals surface area contributed by atoms with Gasteiger partial charge < -0.3 is 14.8 Å². The fourth-order valence-electron chi connectivity index (χ4n) is 3.86. The van der Waals surface area contributed by atoms with Crippen LogP contribution in [0.3, 0.4) is 0 Å². The van der Waals surface area contributed by atoms with E-state index >= 15 is 0 Å². The Morgan fingerprint density at radius 2 is 1.62 bits per heavy atom. The predicted molar refractivity (Wildman–Crippen MR) is 95.7 cm³/mol. The van der Waals surface area contributed by atoms with Crippen LogP contribution < -0.4 is 14.8 Å². The van der Waals surface area contributed by atoms with Gasteiger partial charge in [0.25, 0.3) is 0 Å². The zero-order valence-electron chi connectivity index (χ0n) is 14.0. The SMILES string of the molecule is c1ccc(CCOc2cccc(O[C@@H]3C[C@H]4CC[C@@H](C3)N4)c2)cc1. The van der Waals surface area contributed by atoms with E-state index in [0.29, 0.717) is 24.8 Å². The maximum Gasteiger partial charge on any atom is 0.123 e. The summed E-state index contributed by atoms with van der Waals surface area (Å²) in [6.07, 6.45) is 6.10. The van der Waals surface area contributed by atoms with Gasteiger partial charge in [-0.3, -0.25) is 0 Å². The highest BCUT2D eigenvalue weighted by Gasteiger charge is 2.34. The Hall–Kier alpha value is -2.00. The molecule has 2 bridgehead atoms. The fourth-order valence-corrected chi connectivity index (χ4v) is 3.86. The van der Waals surface area contributed by atoms with E-state index < -0.39 is 0 Å². The Balaban J connectivity index is 1.30. The van der Waals surface area contributed by atoms with Crippen LogP contribution in [0.15, 0.2) is 54.6 Å². The van der Waals surface area contributed by atoms with Gasteiger partial charge in [0, 0.05) is 24.6 Å². The van der Waals surface area contributed by atoms with Crippen LogP contribution in [-0.4, -0.2) is 24.8 Å². The third-order valence-corrected chi connectivity index (χ3v) is 5.04. The molecule has 0 aliphatic carbocycles. The van der Waals surface area contributed by atoms with Gasteiger partial charge in [-0.1, -0.05) is 36.4 Å². The quantitative estimate of drug-likeness (QED) is 0.872. The van der Waals surface area contributed by atoms with Crippen LogP contribution in [0.2, 0.25) is 0 Å². The minimum absolute atomic E-state index is 0.336. The largest absolute Gasteiger partial charge is 0.493 e. The maximum atomic E-state index is 6.22. The number of piperidine rings is 1. The molecule has 0 spiro atoms. The monoisotopic (exact) mass is 323 g/mol. The van der Waals surface area contributed by atoms with Crippen molar-refractivity contribution in [1.82, 2.24) is 5.32 Å². The van der Waals surface area contributed by atoms with E-state index in [2.05, 4.69) is 29.6 Å². The standard InChI is InChI=1S/C21H25NO2/c1-2-5-16(6-3-1)11-12-23-19-7-4-8-20(15-19)24-21-13-17-9-10-18(14-21)22-17/h1-8,15,17-18,21-22H,9-14H2/t17-,18+,21-. The lowest BCUT2D eigenvalue weighted by atomic mass is 10.0. The van der Waals surface area contributed by atoms with E-state index in [-0.39, 0.29) is 0 Å². The Labute approximate surface area is 144 Å². The Bertz CT molecular complexity index is 646. The molecule has 126 valence electrons. The second kappa shape index (κ2) is 7.27. The molecule has 3 heteroatoms. The number of benzene rings is 2. The third-order valence-electron chi connectivity index (χ3n) is 5.04. The van der Waals surface area contributed by atoms with Crippen molar-refractivity contribution < 1.29 is 9.47 Å². The minimum atomic E-state index is 0.336. The topological polar surface area (TPSA) is 30.5 Å². The van der Waals surface area contributed by atoms with Crippen molar-refractivity contribution in [3.05, 3.63) is 60.2 Å². The maximum absolute atomic E-state index is 6.22. The molecule has 0 radical (unpaired) electrons. The summed E-state index contributed by atoms with van der Waals surface area (Å²) < 4.78 is 12.1. The van der Waals surface area contributed by atoms with Gasteiger partial charge in [-0.2, -0.15) is 0 Å². The summed E-state index contributed by atoms with van der Waals surface area (Å²) in [6, 6.07) is 19.8. The van der Waals surface area contributed by atoms with E-state index in [1.54, 1.807) is 0 Å². The first kappa shape index (κ1) is 15.5. The second-order valence-corrected chi connectivity index (χ2v) is 6.91. The molecule has 2 fully saturated rings. The summed E-state index contributed by atoms with van der Waals surface area (Å²) in [6.45, 7) is 0.685. The Kier molecular flexibility index (Phi) is 4.70. The minimum Gasteiger partial charge on any atom is -0.493 e. The van der Waals surface area contributed by atoms with Gasteiger partial charge in [0.1, 0.15) is 17.6 Å². The number of fused-ring (bicyclic) bond motifs is 2. The van der Waals surface area contributed by atoms with Gasteiger partial charge in [0.15, 0.2) is 0 Å². The van der Waals surface area contributed by atoms with Crippen molar-refractivity contribution in [2.45, 2.75) is 50.3 Å². The summed E-state index contributed by atoms with van der Waals surface area (Å²) in [5.74, 6) is 1.82. The number of rotatable bonds is 6. The van der Waals surface area contributed by atoms with E-state index in [4.69, 9.17) is 9.47 Å². The van der Waals surface area contributed by atoms with Gasteiger partial charge in [-0.25, -0.2) is 0 Å². The van der Waals surface area contributed by atoms with Gasteiger partial charge in [-0.05, 0) is 43.4 Å². The molecule has 2 aromatic carbocycles. The van der Waals surface area contributed by atoms with Crippen LogP contribution in [0.25, 0.3) is 0 Å². The van der Waals surface area contributed by atoms with E-state index in [0.717, 1.165) is 30.8 Å². The normalized spacial score (nSPS) is 25.4. The molecule has 0 amide bonds. The fraction of sp³-hybridized carbons (Fsp3) is 0.429. The molecule has 2 heterocycles. The zero-order chi connectivity index (χ0) is 16.2. The second-order valence-electron chi connectivity index (χ2n) is 6.91. The molecule has 0 unspecified atom stereocenters. The summed E-state index contributed by atoms with van der Waals surface area (Å²) >= 11 is 0. The molecule has 3 atom stereocenters. The van der Waals surface area contributed by atoms with Gasteiger partial charge in [0.05, 0.1) is 6.61 Å². The summed E-state index contributed by atoms with van der Waals surface area (Å²) in [5, 5.41) is 3.66. The molecule has 2 aliphatic rings. The molecule has 2 aliphatic heterocycles. The van der Waals surface area contributed by atoms with Crippen LogP contribution in [0.4, 0.5) is 0 Å². The smallest absolute Gasteiger partial charge is 0.123 e. The van der Waals surface area contributed by atoms with Crippen LogP contribution >= 0.6 is 0 Å². The van der Waals surface area contributed by atoms with Gasteiger partial charge in [0.2, 0.25) is 0 Å². The van der Waals surface area contributed by atoms with Crippen LogP contribution in [0.1, 0.15) is 31.2 Å². The number of nitrogens with one attached hydrogen (secondary N) is 1. The third kappa shape index (κ3) is 3.90. The average molecular weight is 323 g/mol. The van der Waals surface area contributed by atoms with Crippen molar-refractivity contribution in [3.63, 3.8) is 0 Å².